The average molecular weight is 240 g/mol. The number of hydrogen-bond donors (Lipinski definition) is 0. The molecule has 0 saturated carbocycles. The van der Waals surface area contributed by atoms with E-state index in [-0.39, 0.29) is 11.9 Å². The first-order chi connectivity index (χ1) is 7.84. The van der Waals surface area contributed by atoms with E-state index in [4.69, 9.17) is 4.74 Å². The number of ether oxygens (including phenoxy) is 1. The van der Waals surface area contributed by atoms with Crippen molar-refractivity contribution in [3.63, 3.8) is 0 Å². The summed E-state index contributed by atoms with van der Waals surface area (Å²) in [4.78, 5) is 11.2. The Bertz CT molecular complexity index is 241. The first-order valence-corrected chi connectivity index (χ1v) is 6.71. The fourth-order valence-electron chi connectivity index (χ4n) is 1.33. The van der Waals surface area contributed by atoms with Crippen molar-refractivity contribution < 1.29 is 9.53 Å². The van der Waals surface area contributed by atoms with Gasteiger partial charge in [-0.2, -0.15) is 0 Å². The predicted octanol–water partition coefficient (Wildman–Crippen LogP) is 4.41. The molecule has 0 amide bonds. The third kappa shape index (κ3) is 8.00. The monoisotopic (exact) mass is 240 g/mol. The molecule has 100 valence electrons. The van der Waals surface area contributed by atoms with Gasteiger partial charge in [-0.05, 0) is 36.7 Å². The molecule has 2 nitrogen and oxygen atoms in total. The first-order valence-electron chi connectivity index (χ1n) is 6.71. The number of rotatable bonds is 7. The molecule has 0 heterocycles. The largest absolute Gasteiger partial charge is 0.435 e. The van der Waals surface area contributed by atoms with Gasteiger partial charge < -0.3 is 4.74 Å². The first kappa shape index (κ1) is 16.2. The lowest BCUT2D eigenvalue weighted by atomic mass is 9.90. The van der Waals surface area contributed by atoms with Crippen LogP contribution in [0.15, 0.2) is 12.3 Å². The molecule has 0 bridgehead atoms. The highest BCUT2D eigenvalue weighted by Gasteiger charge is 2.09. The van der Waals surface area contributed by atoms with Crippen molar-refractivity contribution in [3.05, 3.63) is 12.3 Å². The topological polar surface area (TPSA) is 26.3 Å². The van der Waals surface area contributed by atoms with E-state index < -0.39 is 0 Å². The number of allylic oxidation sites excluding steroid dienone is 1. The minimum atomic E-state index is -0.163. The highest BCUT2D eigenvalue weighted by molar-refractivity contribution is 5.72. The zero-order chi connectivity index (χ0) is 13.4. The smallest absolute Gasteiger partial charge is 0.313 e. The van der Waals surface area contributed by atoms with E-state index in [2.05, 4.69) is 27.7 Å². The van der Waals surface area contributed by atoms with E-state index >= 15 is 0 Å². The second kappa shape index (κ2) is 8.32. The Morgan fingerprint density at radius 1 is 1.06 bits per heavy atom. The Balaban J connectivity index is 3.82. The molecule has 17 heavy (non-hydrogen) atoms. The number of esters is 1. The summed E-state index contributed by atoms with van der Waals surface area (Å²) in [6.07, 6.45) is 5.90. The molecule has 0 fully saturated rings. The lowest BCUT2D eigenvalue weighted by Crippen LogP contribution is -2.08. The molecular formula is C15H28O2. The molecule has 0 aromatic heterocycles. The summed E-state index contributed by atoms with van der Waals surface area (Å²) in [5, 5.41) is 0. The van der Waals surface area contributed by atoms with Crippen LogP contribution in [0.5, 0.6) is 0 Å². The molecule has 0 N–H and O–H groups in total. The molecule has 0 aliphatic carbocycles. The third-order valence-corrected chi connectivity index (χ3v) is 3.28. The van der Waals surface area contributed by atoms with Crippen LogP contribution in [0.3, 0.4) is 0 Å². The zero-order valence-corrected chi connectivity index (χ0v) is 12.2. The third-order valence-electron chi connectivity index (χ3n) is 3.28. The molecule has 2 atom stereocenters. The van der Waals surface area contributed by atoms with Crippen molar-refractivity contribution in [2.45, 2.75) is 54.4 Å². The molecule has 0 spiro atoms. The van der Waals surface area contributed by atoms with Crippen LogP contribution in [0.4, 0.5) is 0 Å². The van der Waals surface area contributed by atoms with Gasteiger partial charge in [0.2, 0.25) is 0 Å². The van der Waals surface area contributed by atoms with Gasteiger partial charge in [-0.3, -0.25) is 4.79 Å². The van der Waals surface area contributed by atoms with Crippen LogP contribution in [-0.2, 0) is 9.53 Å². The molecule has 0 aromatic carbocycles. The quantitative estimate of drug-likeness (QED) is 0.487. The molecule has 0 saturated heterocycles. The van der Waals surface area contributed by atoms with Gasteiger partial charge in [-0.15, -0.1) is 0 Å². The van der Waals surface area contributed by atoms with Crippen LogP contribution in [0.2, 0.25) is 0 Å². The molecule has 0 radical (unpaired) electrons. The molecule has 2 unspecified atom stereocenters. The van der Waals surface area contributed by atoms with Gasteiger partial charge in [0, 0.05) is 0 Å². The Kier molecular flexibility index (Phi) is 7.94. The molecule has 0 aliphatic rings. The highest BCUT2D eigenvalue weighted by atomic mass is 16.5. The molecular weight excluding hydrogens is 212 g/mol. The van der Waals surface area contributed by atoms with Gasteiger partial charge in [0.05, 0.1) is 12.2 Å². The number of carbonyl (C=O) groups is 1. The normalized spacial score (nSPS) is 15.5. The molecule has 0 aliphatic heterocycles. The van der Waals surface area contributed by atoms with Crippen molar-refractivity contribution in [1.82, 2.24) is 0 Å². The Morgan fingerprint density at radius 2 is 1.65 bits per heavy atom. The summed E-state index contributed by atoms with van der Waals surface area (Å²) < 4.78 is 5.01. The van der Waals surface area contributed by atoms with Crippen molar-refractivity contribution in [1.29, 1.82) is 0 Å². The van der Waals surface area contributed by atoms with Crippen LogP contribution in [0, 0.1) is 23.7 Å². The van der Waals surface area contributed by atoms with Crippen LogP contribution in [0.25, 0.3) is 0 Å². The number of hydrogen-bond acceptors (Lipinski definition) is 2. The van der Waals surface area contributed by atoms with Gasteiger partial charge in [-0.25, -0.2) is 0 Å². The van der Waals surface area contributed by atoms with Gasteiger partial charge in [0.15, 0.2) is 0 Å². The summed E-state index contributed by atoms with van der Waals surface area (Å²) in [6, 6.07) is 0. The Hall–Kier alpha value is -0.790. The Morgan fingerprint density at radius 3 is 2.12 bits per heavy atom. The zero-order valence-electron chi connectivity index (χ0n) is 12.2. The minimum absolute atomic E-state index is 0.0593. The average Bonchev–Trinajstić information content (AvgIpc) is 2.25. The molecule has 2 heteroatoms. The van der Waals surface area contributed by atoms with E-state index in [0.29, 0.717) is 5.92 Å². The SMILES string of the molecule is CC(C=COC(=O)C(C)C)CCC(C)C(C)C. The fraction of sp³-hybridized carbons (Fsp3) is 0.800. The lowest BCUT2D eigenvalue weighted by Gasteiger charge is -2.16. The maximum absolute atomic E-state index is 11.2. The van der Waals surface area contributed by atoms with Gasteiger partial charge in [0.1, 0.15) is 0 Å². The predicted molar refractivity (Wildman–Crippen MR) is 72.5 cm³/mol. The van der Waals surface area contributed by atoms with Gasteiger partial charge >= 0.3 is 5.97 Å². The van der Waals surface area contributed by atoms with Crippen molar-refractivity contribution >= 4 is 5.97 Å². The van der Waals surface area contributed by atoms with Gasteiger partial charge in [0.25, 0.3) is 0 Å². The second-order valence-corrected chi connectivity index (χ2v) is 5.70. The number of carbonyl (C=O) groups excluding carboxylic acids is 1. The Labute approximate surface area is 106 Å². The van der Waals surface area contributed by atoms with Crippen LogP contribution >= 0.6 is 0 Å². The van der Waals surface area contributed by atoms with E-state index in [1.165, 1.54) is 6.42 Å². The van der Waals surface area contributed by atoms with E-state index in [9.17, 15) is 4.79 Å². The van der Waals surface area contributed by atoms with E-state index in [0.717, 1.165) is 18.3 Å². The van der Waals surface area contributed by atoms with Crippen molar-refractivity contribution in [2.24, 2.45) is 23.7 Å². The standard InChI is InChI=1S/C15H28O2/c1-11(2)14(6)8-7-13(5)9-10-17-15(16)12(3)4/h9-14H,7-8H2,1-6H3. The van der Waals surface area contributed by atoms with Crippen molar-refractivity contribution in [2.75, 3.05) is 0 Å². The summed E-state index contributed by atoms with van der Waals surface area (Å²) in [5.41, 5.74) is 0. The van der Waals surface area contributed by atoms with Crippen molar-refractivity contribution in [3.8, 4) is 0 Å². The molecule has 0 aromatic rings. The molecule has 0 rings (SSSR count). The second-order valence-electron chi connectivity index (χ2n) is 5.70. The van der Waals surface area contributed by atoms with Crippen LogP contribution in [0.1, 0.15) is 54.4 Å². The minimum Gasteiger partial charge on any atom is -0.435 e. The summed E-state index contributed by atoms with van der Waals surface area (Å²) in [6.45, 7) is 12.6. The summed E-state index contributed by atoms with van der Waals surface area (Å²) in [5.74, 6) is 1.74. The maximum Gasteiger partial charge on any atom is 0.313 e. The maximum atomic E-state index is 11.2. The lowest BCUT2D eigenvalue weighted by molar-refractivity contribution is -0.141. The van der Waals surface area contributed by atoms with Crippen LogP contribution in [-0.4, -0.2) is 5.97 Å². The van der Waals surface area contributed by atoms with Crippen LogP contribution < -0.4 is 0 Å². The van der Waals surface area contributed by atoms with Gasteiger partial charge in [-0.1, -0.05) is 41.5 Å². The fourth-order valence-corrected chi connectivity index (χ4v) is 1.33. The van der Waals surface area contributed by atoms with E-state index in [1.807, 2.05) is 19.9 Å². The summed E-state index contributed by atoms with van der Waals surface area (Å²) in [7, 11) is 0. The highest BCUT2D eigenvalue weighted by Crippen LogP contribution is 2.19. The summed E-state index contributed by atoms with van der Waals surface area (Å²) >= 11 is 0. The van der Waals surface area contributed by atoms with E-state index in [1.54, 1.807) is 6.26 Å².